The molecule has 0 saturated carbocycles. The number of methoxy groups -OCH3 is 1. The van der Waals surface area contributed by atoms with Gasteiger partial charge in [0.1, 0.15) is 5.76 Å². The molecule has 2 heterocycles. The second kappa shape index (κ2) is 8.18. The number of hydrogen-bond acceptors (Lipinski definition) is 6. The lowest BCUT2D eigenvalue weighted by molar-refractivity contribution is 0.0925. The zero-order valence-electron chi connectivity index (χ0n) is 15.6. The van der Waals surface area contributed by atoms with Crippen LogP contribution in [0.15, 0.2) is 39.9 Å². The number of carbonyl (C=O) groups excluding carboxylic acids is 1. The average Bonchev–Trinajstić information content (AvgIpc) is 3.24. The van der Waals surface area contributed by atoms with Gasteiger partial charge in [0.05, 0.1) is 36.3 Å². The van der Waals surface area contributed by atoms with Crippen molar-refractivity contribution in [2.75, 3.05) is 7.11 Å². The molecular formula is C19H19ClN4O4. The molecule has 28 heavy (non-hydrogen) atoms. The predicted octanol–water partition coefficient (Wildman–Crippen LogP) is 3.27. The van der Waals surface area contributed by atoms with E-state index in [0.717, 1.165) is 11.4 Å². The molecule has 0 saturated heterocycles. The Morgan fingerprint density at radius 1 is 1.39 bits per heavy atom. The van der Waals surface area contributed by atoms with Crippen LogP contribution in [-0.2, 0) is 6.54 Å². The van der Waals surface area contributed by atoms with Gasteiger partial charge in [0, 0.05) is 5.56 Å². The maximum Gasteiger partial charge on any atom is 0.307 e. The third-order valence-corrected chi connectivity index (χ3v) is 4.65. The highest BCUT2D eigenvalue weighted by Crippen LogP contribution is 2.28. The smallest absolute Gasteiger partial charge is 0.307 e. The van der Waals surface area contributed by atoms with Gasteiger partial charge < -0.3 is 14.3 Å². The zero-order chi connectivity index (χ0) is 20.3. The highest BCUT2D eigenvalue weighted by Gasteiger charge is 2.14. The van der Waals surface area contributed by atoms with Crippen molar-refractivity contribution < 1.29 is 19.1 Å². The number of rotatable bonds is 6. The third kappa shape index (κ3) is 4.01. The lowest BCUT2D eigenvalue weighted by Crippen LogP contribution is -2.16. The number of nitrogens with zero attached hydrogens (tertiary/aromatic N) is 3. The fraction of sp³-hybridized carbons (Fsp3) is 0.211. The van der Waals surface area contributed by atoms with Crippen LogP contribution in [0.2, 0.25) is 5.02 Å². The van der Waals surface area contributed by atoms with Gasteiger partial charge in [-0.3, -0.25) is 9.48 Å². The highest BCUT2D eigenvalue weighted by atomic mass is 35.5. The van der Waals surface area contributed by atoms with Gasteiger partial charge >= 0.3 is 5.91 Å². The number of phenolic OH excluding ortho intramolecular Hbond substituents is 1. The lowest BCUT2D eigenvalue weighted by atomic mass is 10.2. The molecule has 0 spiro atoms. The number of amides is 1. The van der Waals surface area contributed by atoms with Gasteiger partial charge in [-0.2, -0.15) is 10.2 Å². The molecule has 9 heteroatoms. The molecular weight excluding hydrogens is 384 g/mol. The van der Waals surface area contributed by atoms with Crippen LogP contribution in [0.4, 0.5) is 0 Å². The second-order valence-electron chi connectivity index (χ2n) is 6.01. The summed E-state index contributed by atoms with van der Waals surface area (Å²) in [6.45, 7) is 4.04. The minimum Gasteiger partial charge on any atom is -0.504 e. The summed E-state index contributed by atoms with van der Waals surface area (Å²) >= 11 is 6.14. The van der Waals surface area contributed by atoms with Gasteiger partial charge in [0.15, 0.2) is 17.3 Å². The number of carbonyl (C=O) groups is 1. The summed E-state index contributed by atoms with van der Waals surface area (Å²) in [5.41, 5.74) is 4.32. The average molecular weight is 403 g/mol. The normalized spacial score (nSPS) is 11.1. The number of hydrogen-bond donors (Lipinski definition) is 2. The van der Waals surface area contributed by atoms with Gasteiger partial charge in [0.25, 0.3) is 0 Å². The second-order valence-corrected chi connectivity index (χ2v) is 6.38. The number of nitrogens with one attached hydrogen (secondary N) is 1. The van der Waals surface area contributed by atoms with E-state index in [1.807, 2.05) is 13.8 Å². The molecule has 0 bridgehead atoms. The number of aromatic nitrogens is 2. The fourth-order valence-electron chi connectivity index (χ4n) is 2.59. The molecule has 0 aliphatic rings. The first-order valence-electron chi connectivity index (χ1n) is 8.38. The molecule has 2 aromatic heterocycles. The van der Waals surface area contributed by atoms with E-state index in [1.165, 1.54) is 13.3 Å². The molecule has 146 valence electrons. The van der Waals surface area contributed by atoms with Crippen molar-refractivity contribution in [3.05, 3.63) is 63.8 Å². The van der Waals surface area contributed by atoms with Gasteiger partial charge in [-0.05, 0) is 38.1 Å². The van der Waals surface area contributed by atoms with Crippen LogP contribution in [0.25, 0.3) is 0 Å². The van der Waals surface area contributed by atoms with Crippen LogP contribution in [0.5, 0.6) is 11.5 Å². The minimum absolute atomic E-state index is 0.0631. The maximum atomic E-state index is 12.2. The van der Waals surface area contributed by atoms with Crippen molar-refractivity contribution in [3.8, 4) is 11.5 Å². The Kier molecular flexibility index (Phi) is 5.70. The minimum atomic E-state index is -0.517. The van der Waals surface area contributed by atoms with Gasteiger partial charge in [-0.1, -0.05) is 17.7 Å². The van der Waals surface area contributed by atoms with E-state index in [1.54, 1.807) is 35.0 Å². The number of halogens is 1. The Balaban J connectivity index is 1.65. The zero-order valence-corrected chi connectivity index (χ0v) is 16.3. The van der Waals surface area contributed by atoms with E-state index in [-0.39, 0.29) is 11.5 Å². The Hall–Kier alpha value is -3.26. The van der Waals surface area contributed by atoms with Crippen LogP contribution in [-0.4, -0.2) is 34.1 Å². The topological polar surface area (TPSA) is 102 Å². The largest absolute Gasteiger partial charge is 0.504 e. The van der Waals surface area contributed by atoms with Gasteiger partial charge in [0.2, 0.25) is 0 Å². The van der Waals surface area contributed by atoms with Crippen molar-refractivity contribution >= 4 is 23.7 Å². The van der Waals surface area contributed by atoms with Crippen LogP contribution in [0.1, 0.15) is 33.3 Å². The van der Waals surface area contributed by atoms with E-state index in [0.29, 0.717) is 28.6 Å². The first-order chi connectivity index (χ1) is 13.4. The number of benzene rings is 1. The van der Waals surface area contributed by atoms with Crippen molar-refractivity contribution in [3.63, 3.8) is 0 Å². The Bertz CT molecular complexity index is 1040. The number of ether oxygens (including phenoxy) is 1. The lowest BCUT2D eigenvalue weighted by Gasteiger charge is -2.04. The fourth-order valence-corrected chi connectivity index (χ4v) is 2.72. The molecule has 0 unspecified atom stereocenters. The summed E-state index contributed by atoms with van der Waals surface area (Å²) < 4.78 is 12.3. The summed E-state index contributed by atoms with van der Waals surface area (Å²) in [6.07, 6.45) is 1.32. The molecule has 1 amide bonds. The van der Waals surface area contributed by atoms with Crippen molar-refractivity contribution in [1.82, 2.24) is 15.2 Å². The molecule has 2 N–H and O–H groups in total. The van der Waals surface area contributed by atoms with Crippen molar-refractivity contribution in [2.45, 2.75) is 20.4 Å². The Morgan fingerprint density at radius 3 is 2.86 bits per heavy atom. The number of phenols is 1. The van der Waals surface area contributed by atoms with E-state index >= 15 is 0 Å². The maximum absolute atomic E-state index is 12.2. The van der Waals surface area contributed by atoms with Crippen molar-refractivity contribution in [2.24, 2.45) is 5.10 Å². The molecule has 0 aliphatic heterocycles. The van der Waals surface area contributed by atoms with Gasteiger partial charge in [-0.15, -0.1) is 0 Å². The number of aryl methyl sites for hydroxylation is 1. The van der Waals surface area contributed by atoms with Crippen LogP contribution >= 0.6 is 11.6 Å². The standard InChI is InChI=1S/C19H19ClN4O4/c1-11-17(20)12(2)24(23-11)10-14-7-8-16(28-14)19(26)22-21-9-13-5-4-6-15(27-3)18(13)25/h4-9,25H,10H2,1-3H3,(H,22,26). The summed E-state index contributed by atoms with van der Waals surface area (Å²) in [7, 11) is 1.45. The first kappa shape index (κ1) is 19.5. The van der Waals surface area contributed by atoms with Crippen molar-refractivity contribution in [1.29, 1.82) is 0 Å². The third-order valence-electron chi connectivity index (χ3n) is 4.10. The molecule has 0 aliphatic carbocycles. The van der Waals surface area contributed by atoms with Crippen LogP contribution in [0, 0.1) is 13.8 Å². The molecule has 0 radical (unpaired) electrons. The van der Waals surface area contributed by atoms with Gasteiger partial charge in [-0.25, -0.2) is 5.43 Å². The molecule has 8 nitrogen and oxygen atoms in total. The number of furan rings is 1. The first-order valence-corrected chi connectivity index (χ1v) is 8.76. The predicted molar refractivity (Wildman–Crippen MR) is 104 cm³/mol. The molecule has 1 aromatic carbocycles. The summed E-state index contributed by atoms with van der Waals surface area (Å²) in [6, 6.07) is 8.20. The summed E-state index contributed by atoms with van der Waals surface area (Å²) in [5, 5.41) is 18.8. The summed E-state index contributed by atoms with van der Waals surface area (Å²) in [5.74, 6) is 0.398. The molecule has 3 aromatic rings. The number of para-hydroxylation sites is 1. The highest BCUT2D eigenvalue weighted by molar-refractivity contribution is 6.31. The summed E-state index contributed by atoms with van der Waals surface area (Å²) in [4.78, 5) is 12.2. The number of hydrazone groups is 1. The quantitative estimate of drug-likeness (QED) is 0.486. The number of aromatic hydroxyl groups is 1. The van der Waals surface area contributed by atoms with E-state index in [4.69, 9.17) is 20.8 Å². The Morgan fingerprint density at radius 2 is 2.18 bits per heavy atom. The van der Waals surface area contributed by atoms with Crippen LogP contribution in [0.3, 0.4) is 0 Å². The SMILES string of the molecule is COc1cccc(C=NNC(=O)c2ccc(Cn3nc(C)c(Cl)c3C)o2)c1O. The molecule has 0 fully saturated rings. The van der Waals surface area contributed by atoms with E-state index in [9.17, 15) is 9.90 Å². The van der Waals surface area contributed by atoms with E-state index in [2.05, 4.69) is 15.6 Å². The van der Waals surface area contributed by atoms with Crippen LogP contribution < -0.4 is 10.2 Å². The Labute approximate surface area is 166 Å². The monoisotopic (exact) mass is 402 g/mol. The molecule has 3 rings (SSSR count). The van der Waals surface area contributed by atoms with E-state index < -0.39 is 5.91 Å². The molecule has 0 atom stereocenters.